The molecule has 7 heteroatoms. The molecular weight excluding hydrogens is 514 g/mol. The predicted molar refractivity (Wildman–Crippen MR) is 151 cm³/mol. The minimum absolute atomic E-state index is 0.0382. The van der Waals surface area contributed by atoms with Gasteiger partial charge in [-0.05, 0) is 86.8 Å². The van der Waals surface area contributed by atoms with Gasteiger partial charge in [0.25, 0.3) is 5.91 Å². The summed E-state index contributed by atoms with van der Waals surface area (Å²) in [5, 5.41) is 13.2. The number of rotatable bonds is 5. The minimum atomic E-state index is -0.767. The molecule has 1 amide bonds. The molecule has 0 unspecified atom stereocenters. The summed E-state index contributed by atoms with van der Waals surface area (Å²) < 4.78 is 12.0. The topological polar surface area (TPSA) is 80.0 Å². The van der Waals surface area contributed by atoms with E-state index in [1.165, 1.54) is 0 Å². The van der Waals surface area contributed by atoms with Gasteiger partial charge in [0, 0.05) is 34.5 Å². The molecule has 2 aromatic carbocycles. The maximum atomic E-state index is 14.1. The summed E-state index contributed by atoms with van der Waals surface area (Å²) in [6, 6.07) is 13.0. The van der Waals surface area contributed by atoms with Crippen LogP contribution in [-0.4, -0.2) is 34.2 Å². The molecule has 0 spiro atoms. The van der Waals surface area contributed by atoms with E-state index < -0.39 is 11.7 Å². The number of aliphatic hydroxyl groups is 1. The third kappa shape index (κ3) is 4.87. The van der Waals surface area contributed by atoms with Gasteiger partial charge in [0.15, 0.2) is 6.10 Å². The highest BCUT2D eigenvalue weighted by Crippen LogP contribution is 2.49. The monoisotopic (exact) mass is 549 g/mol. The number of hydrogen-bond acceptors (Lipinski definition) is 5. The van der Waals surface area contributed by atoms with E-state index in [2.05, 4.69) is 0 Å². The Hall–Kier alpha value is -2.83. The van der Waals surface area contributed by atoms with Crippen LogP contribution in [0.3, 0.4) is 0 Å². The summed E-state index contributed by atoms with van der Waals surface area (Å²) in [4.78, 5) is 28.6. The van der Waals surface area contributed by atoms with Crippen LogP contribution in [-0.2, 0) is 17.6 Å². The first kappa shape index (κ1) is 26.4. The molecule has 2 fully saturated rings. The Balaban J connectivity index is 1.30. The highest BCUT2D eigenvalue weighted by atomic mass is 35.5. The van der Waals surface area contributed by atoms with Gasteiger partial charge in [-0.1, -0.05) is 43.5 Å². The van der Waals surface area contributed by atoms with Crippen LogP contribution in [0, 0.1) is 5.92 Å². The molecule has 6 rings (SSSR count). The molecule has 3 aromatic rings. The third-order valence-electron chi connectivity index (χ3n) is 9.18. The number of aryl methyl sites for hydroxylation is 1. The number of hydrogen-bond donors (Lipinski definition) is 1. The van der Waals surface area contributed by atoms with Crippen molar-refractivity contribution in [2.24, 2.45) is 5.92 Å². The number of halogens is 1. The summed E-state index contributed by atoms with van der Waals surface area (Å²) in [7, 11) is 0. The van der Waals surface area contributed by atoms with Gasteiger partial charge in [-0.25, -0.2) is 4.79 Å². The first-order chi connectivity index (χ1) is 18.9. The molecule has 1 saturated heterocycles. The fourth-order valence-electron chi connectivity index (χ4n) is 7.16. The average molecular weight is 550 g/mol. The summed E-state index contributed by atoms with van der Waals surface area (Å²) in [5.74, 6) is 0.386. The van der Waals surface area contributed by atoms with Crippen LogP contribution in [0.5, 0.6) is 5.75 Å². The van der Waals surface area contributed by atoms with Crippen molar-refractivity contribution in [2.75, 3.05) is 6.54 Å². The second-order valence-corrected chi connectivity index (χ2v) is 11.9. The van der Waals surface area contributed by atoms with Crippen LogP contribution >= 0.6 is 11.6 Å². The molecule has 0 radical (unpaired) electrons. The zero-order valence-electron chi connectivity index (χ0n) is 22.5. The largest absolute Gasteiger partial charge is 0.480 e. The number of likely N-dealkylation sites (tertiary alicyclic amines) is 1. The van der Waals surface area contributed by atoms with E-state index in [1.54, 1.807) is 6.07 Å². The van der Waals surface area contributed by atoms with Crippen LogP contribution in [0.2, 0.25) is 5.02 Å². The molecule has 206 valence electrons. The van der Waals surface area contributed by atoms with Gasteiger partial charge in [0.1, 0.15) is 11.3 Å². The van der Waals surface area contributed by atoms with E-state index in [4.69, 9.17) is 20.8 Å². The van der Waals surface area contributed by atoms with Crippen molar-refractivity contribution in [1.29, 1.82) is 0 Å². The molecule has 2 aliphatic carbocycles. The number of carbonyl (C=O) groups excluding carboxylic acids is 1. The first-order valence-electron chi connectivity index (χ1n) is 14.4. The molecule has 1 aliphatic heterocycles. The molecule has 1 N–H and O–H groups in total. The lowest BCUT2D eigenvalue weighted by Gasteiger charge is -2.53. The van der Waals surface area contributed by atoms with Crippen LogP contribution in [0.1, 0.15) is 81.0 Å². The SMILES string of the molecule is CC[C@H](Oc1ccc2c3c(c(=O)oc2c1)CCCC3)C(=O)N1CC[C@]2(O)CCCC[C@H]2[C@H]1c1ccc(Cl)cc1. The smallest absolute Gasteiger partial charge is 0.339 e. The lowest BCUT2D eigenvalue weighted by atomic mass is 9.66. The van der Waals surface area contributed by atoms with Gasteiger partial charge >= 0.3 is 5.63 Å². The summed E-state index contributed by atoms with van der Waals surface area (Å²) in [5.41, 5.74) is 2.34. The number of carbonyl (C=O) groups is 1. The fraction of sp³-hybridized carbons (Fsp3) is 0.500. The van der Waals surface area contributed by atoms with Crippen LogP contribution in [0.25, 0.3) is 11.0 Å². The van der Waals surface area contributed by atoms with Crippen LogP contribution in [0.4, 0.5) is 0 Å². The standard InChI is InChI=1S/C32H36ClNO5/c1-2-27(38-22-14-15-24-23-7-3-4-8-25(23)31(36)39-28(24)19-22)30(35)34-18-17-32(37)16-6-5-9-26(32)29(34)20-10-12-21(33)13-11-20/h10-15,19,26-27,29,37H,2-9,16-18H2,1H3/t26-,27-,29+,32+/m0/s1. The zero-order valence-corrected chi connectivity index (χ0v) is 23.2. The van der Waals surface area contributed by atoms with E-state index in [1.807, 2.05) is 48.2 Å². The normalized spacial score (nSPS) is 25.6. The maximum Gasteiger partial charge on any atom is 0.339 e. The predicted octanol–water partition coefficient (Wildman–Crippen LogP) is 6.38. The lowest BCUT2D eigenvalue weighted by molar-refractivity contribution is -0.161. The lowest BCUT2D eigenvalue weighted by Crippen LogP contribution is -2.58. The Morgan fingerprint density at radius 2 is 1.87 bits per heavy atom. The quantitative estimate of drug-likeness (QED) is 0.374. The number of ether oxygens (including phenoxy) is 1. The van der Waals surface area contributed by atoms with E-state index in [0.29, 0.717) is 35.7 Å². The molecule has 3 aliphatic rings. The van der Waals surface area contributed by atoms with E-state index >= 15 is 0 Å². The van der Waals surface area contributed by atoms with Crippen LogP contribution in [0.15, 0.2) is 51.7 Å². The summed E-state index contributed by atoms with van der Waals surface area (Å²) in [6.45, 7) is 2.41. The van der Waals surface area contributed by atoms with Gasteiger partial charge in [-0.3, -0.25) is 4.79 Å². The second kappa shape index (κ2) is 10.6. The van der Waals surface area contributed by atoms with Crippen molar-refractivity contribution in [3.05, 3.63) is 74.6 Å². The zero-order chi connectivity index (χ0) is 27.1. The van der Waals surface area contributed by atoms with Gasteiger partial charge < -0.3 is 19.2 Å². The number of nitrogens with zero attached hydrogens (tertiary/aromatic N) is 1. The average Bonchev–Trinajstić information content (AvgIpc) is 2.95. The minimum Gasteiger partial charge on any atom is -0.480 e. The van der Waals surface area contributed by atoms with E-state index in [9.17, 15) is 14.7 Å². The third-order valence-corrected chi connectivity index (χ3v) is 9.43. The second-order valence-electron chi connectivity index (χ2n) is 11.5. The molecule has 39 heavy (non-hydrogen) atoms. The van der Waals surface area contributed by atoms with Crippen molar-refractivity contribution >= 4 is 28.5 Å². The Bertz CT molecular complexity index is 1430. The molecule has 6 nitrogen and oxygen atoms in total. The highest BCUT2D eigenvalue weighted by molar-refractivity contribution is 6.30. The van der Waals surface area contributed by atoms with Gasteiger partial charge in [0.2, 0.25) is 0 Å². The Labute approximate surface area is 233 Å². The molecule has 2 heterocycles. The van der Waals surface area contributed by atoms with Crippen molar-refractivity contribution in [1.82, 2.24) is 4.90 Å². The Morgan fingerprint density at radius 1 is 1.10 bits per heavy atom. The summed E-state index contributed by atoms with van der Waals surface area (Å²) >= 11 is 6.19. The Morgan fingerprint density at radius 3 is 2.64 bits per heavy atom. The van der Waals surface area contributed by atoms with Crippen molar-refractivity contribution in [3.63, 3.8) is 0 Å². The molecule has 1 aromatic heterocycles. The molecule has 1 saturated carbocycles. The maximum absolute atomic E-state index is 14.1. The molecule has 0 bridgehead atoms. The summed E-state index contributed by atoms with van der Waals surface area (Å²) in [6.07, 6.45) is 7.77. The van der Waals surface area contributed by atoms with E-state index in [0.717, 1.165) is 73.4 Å². The van der Waals surface area contributed by atoms with Crippen molar-refractivity contribution in [3.8, 4) is 5.75 Å². The number of piperidine rings is 1. The number of amides is 1. The number of benzene rings is 2. The van der Waals surface area contributed by atoms with Gasteiger partial charge in [-0.2, -0.15) is 0 Å². The van der Waals surface area contributed by atoms with Crippen LogP contribution < -0.4 is 10.4 Å². The molecule has 4 atom stereocenters. The van der Waals surface area contributed by atoms with Gasteiger partial charge in [0.05, 0.1) is 11.6 Å². The molecular formula is C32H36ClNO5. The Kier molecular flexibility index (Phi) is 7.19. The highest BCUT2D eigenvalue weighted by Gasteiger charge is 2.51. The number of fused-ring (bicyclic) bond motifs is 4. The van der Waals surface area contributed by atoms with E-state index in [-0.39, 0.29) is 23.5 Å². The van der Waals surface area contributed by atoms with Gasteiger partial charge in [-0.15, -0.1) is 0 Å². The van der Waals surface area contributed by atoms with Crippen molar-refractivity contribution in [2.45, 2.75) is 88.9 Å². The fourth-order valence-corrected chi connectivity index (χ4v) is 7.28. The first-order valence-corrected chi connectivity index (χ1v) is 14.8. The van der Waals surface area contributed by atoms with Crippen molar-refractivity contribution < 1.29 is 19.1 Å².